The first-order valence-electron chi connectivity index (χ1n) is 6.58. The first-order valence-corrected chi connectivity index (χ1v) is 6.58. The van der Waals surface area contributed by atoms with Gasteiger partial charge in [0.15, 0.2) is 11.5 Å². The highest BCUT2D eigenvalue weighted by molar-refractivity contribution is 5.48. The third kappa shape index (κ3) is 4.67. The van der Waals surface area contributed by atoms with E-state index in [2.05, 4.69) is 15.0 Å². The van der Waals surface area contributed by atoms with Gasteiger partial charge in [-0.25, -0.2) is 4.98 Å². The number of nitrogens with one attached hydrogen (secondary N) is 1. The van der Waals surface area contributed by atoms with E-state index < -0.39 is 6.36 Å². The second kappa shape index (κ2) is 7.08. The molecular weight excluding hydrogens is 313 g/mol. The number of benzene rings is 1. The molecule has 0 saturated heterocycles. The molecule has 8 heteroatoms. The van der Waals surface area contributed by atoms with Gasteiger partial charge in [0.1, 0.15) is 11.6 Å². The normalized spacial score (nSPS) is 11.0. The van der Waals surface area contributed by atoms with E-state index in [1.165, 1.54) is 26.4 Å². The van der Waals surface area contributed by atoms with Crippen LogP contribution < -0.4 is 19.5 Å². The number of ether oxygens (including phenoxy) is 3. The molecule has 0 saturated carbocycles. The van der Waals surface area contributed by atoms with Crippen LogP contribution in [0.1, 0.15) is 5.56 Å². The van der Waals surface area contributed by atoms with Crippen molar-refractivity contribution in [1.29, 1.82) is 0 Å². The molecule has 1 aromatic heterocycles. The Morgan fingerprint density at radius 1 is 1.09 bits per heavy atom. The minimum atomic E-state index is -4.73. The topological polar surface area (TPSA) is 52.6 Å². The molecule has 1 heterocycles. The molecule has 0 aliphatic carbocycles. The van der Waals surface area contributed by atoms with Crippen molar-refractivity contribution in [3.63, 3.8) is 0 Å². The van der Waals surface area contributed by atoms with Crippen molar-refractivity contribution in [2.75, 3.05) is 19.5 Å². The minimum absolute atomic E-state index is 0.368. The monoisotopic (exact) mass is 328 g/mol. The Hall–Kier alpha value is -2.64. The van der Waals surface area contributed by atoms with E-state index in [0.717, 1.165) is 11.8 Å². The highest BCUT2D eigenvalue weighted by Crippen LogP contribution is 2.31. The van der Waals surface area contributed by atoms with Gasteiger partial charge in [-0.2, -0.15) is 0 Å². The van der Waals surface area contributed by atoms with Crippen molar-refractivity contribution in [3.8, 4) is 17.2 Å². The summed E-state index contributed by atoms with van der Waals surface area (Å²) in [4.78, 5) is 3.87. The maximum absolute atomic E-state index is 12.1. The maximum Gasteiger partial charge on any atom is 0.573 e. The molecule has 0 fully saturated rings. The van der Waals surface area contributed by atoms with Crippen LogP contribution in [0.25, 0.3) is 0 Å². The van der Waals surface area contributed by atoms with Crippen LogP contribution in [0.5, 0.6) is 17.2 Å². The predicted molar refractivity (Wildman–Crippen MR) is 77.8 cm³/mol. The van der Waals surface area contributed by atoms with Gasteiger partial charge in [-0.15, -0.1) is 13.2 Å². The lowest BCUT2D eigenvalue weighted by Crippen LogP contribution is -2.17. The Balaban J connectivity index is 2.04. The molecule has 124 valence electrons. The van der Waals surface area contributed by atoms with Crippen molar-refractivity contribution in [1.82, 2.24) is 4.98 Å². The molecule has 5 nitrogen and oxygen atoms in total. The smallest absolute Gasteiger partial charge is 0.493 e. The highest BCUT2D eigenvalue weighted by Gasteiger charge is 2.31. The first-order chi connectivity index (χ1) is 10.9. The number of methoxy groups -OCH3 is 2. The van der Waals surface area contributed by atoms with Crippen molar-refractivity contribution >= 4 is 5.82 Å². The van der Waals surface area contributed by atoms with Crippen molar-refractivity contribution in [2.45, 2.75) is 12.9 Å². The van der Waals surface area contributed by atoms with E-state index in [1.54, 1.807) is 6.07 Å². The average molecular weight is 328 g/mol. The van der Waals surface area contributed by atoms with Crippen LogP contribution in [-0.4, -0.2) is 25.6 Å². The number of hydrogen-bond acceptors (Lipinski definition) is 5. The molecule has 0 unspecified atom stereocenters. The van der Waals surface area contributed by atoms with E-state index in [0.29, 0.717) is 23.9 Å². The van der Waals surface area contributed by atoms with Crippen LogP contribution in [0.4, 0.5) is 19.0 Å². The summed E-state index contributed by atoms with van der Waals surface area (Å²) in [6.45, 7) is 0.368. The lowest BCUT2D eigenvalue weighted by atomic mass is 10.2. The number of alkyl halides is 3. The van der Waals surface area contributed by atoms with Gasteiger partial charge in [-0.1, -0.05) is 12.1 Å². The Bertz CT molecular complexity index is 645. The van der Waals surface area contributed by atoms with Crippen LogP contribution in [0.3, 0.4) is 0 Å². The number of nitrogens with zero attached hydrogens (tertiary/aromatic N) is 1. The van der Waals surface area contributed by atoms with E-state index in [4.69, 9.17) is 9.47 Å². The molecule has 0 radical (unpaired) electrons. The Morgan fingerprint density at radius 2 is 1.87 bits per heavy atom. The second-order valence-electron chi connectivity index (χ2n) is 4.43. The summed E-state index contributed by atoms with van der Waals surface area (Å²) in [5.41, 5.74) is 0.823. The van der Waals surface area contributed by atoms with Gasteiger partial charge in [0.25, 0.3) is 0 Å². The minimum Gasteiger partial charge on any atom is -0.493 e. The maximum atomic E-state index is 12.1. The zero-order valence-corrected chi connectivity index (χ0v) is 12.5. The first kappa shape index (κ1) is 16.7. The number of aromatic nitrogens is 1. The Morgan fingerprint density at radius 3 is 2.43 bits per heavy atom. The van der Waals surface area contributed by atoms with Crippen LogP contribution in [-0.2, 0) is 6.54 Å². The Labute approximate surface area is 131 Å². The zero-order chi connectivity index (χ0) is 16.9. The van der Waals surface area contributed by atoms with Gasteiger partial charge in [0, 0.05) is 12.1 Å². The van der Waals surface area contributed by atoms with Crippen LogP contribution in [0.15, 0.2) is 36.5 Å². The molecule has 0 bridgehead atoms. The van der Waals surface area contributed by atoms with Crippen LogP contribution >= 0.6 is 0 Å². The number of hydrogen-bond donors (Lipinski definition) is 1. The van der Waals surface area contributed by atoms with Gasteiger partial charge >= 0.3 is 6.36 Å². The van der Waals surface area contributed by atoms with E-state index in [9.17, 15) is 13.2 Å². The van der Waals surface area contributed by atoms with Gasteiger partial charge in [0.2, 0.25) is 0 Å². The molecule has 0 amide bonds. The van der Waals surface area contributed by atoms with Gasteiger partial charge < -0.3 is 19.5 Å². The van der Waals surface area contributed by atoms with E-state index in [1.807, 2.05) is 12.1 Å². The molecule has 0 aliphatic heterocycles. The lowest BCUT2D eigenvalue weighted by molar-refractivity contribution is -0.274. The number of anilines is 1. The fourth-order valence-electron chi connectivity index (χ4n) is 1.96. The van der Waals surface area contributed by atoms with Gasteiger partial charge in [-0.3, -0.25) is 0 Å². The number of halogens is 3. The average Bonchev–Trinajstić information content (AvgIpc) is 2.52. The second-order valence-corrected chi connectivity index (χ2v) is 4.43. The standard InChI is InChI=1S/C15H15F3N2O3/c1-21-12-5-3-4-10(14(12)22-2)8-19-13-7-6-11(9-20-13)23-15(16,17)18/h3-7,9H,8H2,1-2H3,(H,19,20). The number of rotatable bonds is 6. The summed E-state index contributed by atoms with van der Waals surface area (Å²) < 4.78 is 50.5. The van der Waals surface area contributed by atoms with Crippen molar-refractivity contribution in [2.24, 2.45) is 0 Å². The third-order valence-corrected chi connectivity index (χ3v) is 2.91. The fraction of sp³-hybridized carbons (Fsp3) is 0.267. The molecule has 2 aromatic rings. The van der Waals surface area contributed by atoms with Crippen molar-refractivity contribution in [3.05, 3.63) is 42.1 Å². The summed E-state index contributed by atoms with van der Waals surface area (Å²) in [6.07, 6.45) is -3.73. The van der Waals surface area contributed by atoms with Crippen LogP contribution in [0.2, 0.25) is 0 Å². The molecule has 1 aromatic carbocycles. The summed E-state index contributed by atoms with van der Waals surface area (Å²) in [6, 6.07) is 8.00. The number of para-hydroxylation sites is 1. The molecule has 23 heavy (non-hydrogen) atoms. The molecule has 0 atom stereocenters. The molecule has 2 rings (SSSR count). The molecule has 0 spiro atoms. The molecule has 0 aliphatic rings. The Kier molecular flexibility index (Phi) is 5.15. The quantitative estimate of drug-likeness (QED) is 0.878. The molecule has 1 N–H and O–H groups in total. The van der Waals surface area contributed by atoms with Crippen LogP contribution in [0, 0.1) is 0 Å². The summed E-state index contributed by atoms with van der Waals surface area (Å²) in [7, 11) is 3.07. The zero-order valence-electron chi connectivity index (χ0n) is 12.5. The summed E-state index contributed by atoms with van der Waals surface area (Å²) in [5, 5.41) is 2.99. The largest absolute Gasteiger partial charge is 0.573 e. The third-order valence-electron chi connectivity index (χ3n) is 2.91. The fourth-order valence-corrected chi connectivity index (χ4v) is 1.96. The van der Waals surface area contributed by atoms with Crippen molar-refractivity contribution < 1.29 is 27.4 Å². The summed E-state index contributed by atoms with van der Waals surface area (Å²) in [5.74, 6) is 1.21. The predicted octanol–water partition coefficient (Wildman–Crippen LogP) is 3.61. The van der Waals surface area contributed by atoms with Gasteiger partial charge in [-0.05, 0) is 18.2 Å². The van der Waals surface area contributed by atoms with Gasteiger partial charge in [0.05, 0.1) is 20.4 Å². The summed E-state index contributed by atoms with van der Waals surface area (Å²) >= 11 is 0. The highest BCUT2D eigenvalue weighted by atomic mass is 19.4. The van der Waals surface area contributed by atoms with E-state index >= 15 is 0 Å². The number of pyridine rings is 1. The molecular formula is C15H15F3N2O3. The SMILES string of the molecule is COc1cccc(CNc2ccc(OC(F)(F)F)cn2)c1OC. The lowest BCUT2D eigenvalue weighted by Gasteiger charge is -2.13. The van der Waals surface area contributed by atoms with E-state index in [-0.39, 0.29) is 5.75 Å².